The van der Waals surface area contributed by atoms with E-state index in [4.69, 9.17) is 0 Å². The summed E-state index contributed by atoms with van der Waals surface area (Å²) < 4.78 is 13.3. The van der Waals surface area contributed by atoms with E-state index in [-0.39, 0.29) is 17.8 Å². The van der Waals surface area contributed by atoms with Crippen molar-refractivity contribution in [2.45, 2.75) is 6.04 Å². The lowest BCUT2D eigenvalue weighted by atomic mass is 10.0. The highest BCUT2D eigenvalue weighted by Gasteiger charge is 2.33. The Morgan fingerprint density at radius 1 is 1.04 bits per heavy atom. The number of nitrogens with one attached hydrogen (secondary N) is 1. The van der Waals surface area contributed by atoms with Gasteiger partial charge in [0.2, 0.25) is 5.91 Å². The maximum atomic E-state index is 13.3. The third-order valence-corrected chi connectivity index (χ3v) is 4.75. The first-order valence-corrected chi connectivity index (χ1v) is 8.33. The average molecular weight is 320 g/mol. The normalized spacial score (nSPS) is 22.1. The molecule has 0 aliphatic carbocycles. The summed E-state index contributed by atoms with van der Waals surface area (Å²) in [5.74, 6) is -0.119. The van der Waals surface area contributed by atoms with Gasteiger partial charge in [-0.05, 0) is 24.7 Å². The van der Waals surface area contributed by atoms with E-state index in [2.05, 4.69) is 22.2 Å². The molecule has 1 unspecified atom stereocenters. The number of piperazine rings is 2. The molecule has 0 aromatic heterocycles. The summed E-state index contributed by atoms with van der Waals surface area (Å²) in [6, 6.07) is 6.08. The van der Waals surface area contributed by atoms with Crippen molar-refractivity contribution in [3.63, 3.8) is 0 Å². The number of nitrogens with zero attached hydrogens (tertiary/aromatic N) is 3. The smallest absolute Gasteiger partial charge is 0.244 e. The largest absolute Gasteiger partial charge is 0.338 e. The number of rotatable bonds is 3. The van der Waals surface area contributed by atoms with Crippen molar-refractivity contribution in [1.29, 1.82) is 0 Å². The molecule has 2 saturated heterocycles. The number of halogens is 1. The summed E-state index contributed by atoms with van der Waals surface area (Å²) in [4.78, 5) is 19.5. The number of hydrogen-bond acceptors (Lipinski definition) is 4. The standard InChI is InChI=1S/C17H25FN4O/c1-20-10-12-22(13-11-20)17(23)16(21-8-6-19-7-9-21)14-2-4-15(18)5-3-14/h2-5,16,19H,6-13H2,1H3. The number of hydrogen-bond donors (Lipinski definition) is 1. The molecule has 0 spiro atoms. The van der Waals surface area contributed by atoms with Crippen molar-refractivity contribution in [3.8, 4) is 0 Å². The van der Waals surface area contributed by atoms with Crippen molar-refractivity contribution >= 4 is 5.91 Å². The van der Waals surface area contributed by atoms with Gasteiger partial charge in [-0.15, -0.1) is 0 Å². The molecule has 1 atom stereocenters. The van der Waals surface area contributed by atoms with Crippen LogP contribution in [0.5, 0.6) is 0 Å². The molecule has 2 aliphatic heterocycles. The van der Waals surface area contributed by atoms with E-state index in [1.165, 1.54) is 12.1 Å². The van der Waals surface area contributed by atoms with Gasteiger partial charge in [0.1, 0.15) is 11.9 Å². The van der Waals surface area contributed by atoms with Crippen LogP contribution in [0.4, 0.5) is 4.39 Å². The first-order chi connectivity index (χ1) is 11.1. The molecule has 2 aliphatic rings. The summed E-state index contributed by atoms with van der Waals surface area (Å²) in [5.41, 5.74) is 0.886. The lowest BCUT2D eigenvalue weighted by molar-refractivity contribution is -0.139. The van der Waals surface area contributed by atoms with Crippen LogP contribution in [0.15, 0.2) is 24.3 Å². The fourth-order valence-corrected chi connectivity index (χ4v) is 3.29. The minimum absolute atomic E-state index is 0.145. The fourth-order valence-electron chi connectivity index (χ4n) is 3.29. The quantitative estimate of drug-likeness (QED) is 0.883. The summed E-state index contributed by atoms with van der Waals surface area (Å²) in [5, 5.41) is 3.32. The van der Waals surface area contributed by atoms with Crippen LogP contribution >= 0.6 is 0 Å². The van der Waals surface area contributed by atoms with Crippen LogP contribution in [0.3, 0.4) is 0 Å². The molecule has 1 aromatic carbocycles. The third kappa shape index (κ3) is 3.88. The van der Waals surface area contributed by atoms with E-state index in [0.717, 1.165) is 57.9 Å². The van der Waals surface area contributed by atoms with Gasteiger partial charge in [-0.3, -0.25) is 9.69 Å². The molecule has 1 aromatic rings. The van der Waals surface area contributed by atoms with E-state index in [1.54, 1.807) is 12.1 Å². The van der Waals surface area contributed by atoms with E-state index in [1.807, 2.05) is 4.90 Å². The zero-order valence-corrected chi connectivity index (χ0v) is 13.7. The van der Waals surface area contributed by atoms with E-state index in [9.17, 15) is 9.18 Å². The summed E-state index contributed by atoms with van der Waals surface area (Å²) in [7, 11) is 2.08. The van der Waals surface area contributed by atoms with Crippen molar-refractivity contribution in [2.75, 3.05) is 59.4 Å². The van der Waals surface area contributed by atoms with Crippen LogP contribution in [-0.4, -0.2) is 80.0 Å². The van der Waals surface area contributed by atoms with E-state index in [0.29, 0.717) is 0 Å². The second-order valence-electron chi connectivity index (χ2n) is 6.37. The first-order valence-electron chi connectivity index (χ1n) is 8.33. The lowest BCUT2D eigenvalue weighted by Crippen LogP contribution is -2.53. The van der Waals surface area contributed by atoms with Crippen LogP contribution < -0.4 is 5.32 Å². The van der Waals surface area contributed by atoms with Crippen molar-refractivity contribution in [3.05, 3.63) is 35.6 Å². The SMILES string of the molecule is CN1CCN(C(=O)C(c2ccc(F)cc2)N2CCNCC2)CC1. The molecule has 2 heterocycles. The van der Waals surface area contributed by atoms with Crippen molar-refractivity contribution < 1.29 is 9.18 Å². The van der Waals surface area contributed by atoms with Crippen molar-refractivity contribution in [1.82, 2.24) is 20.0 Å². The second-order valence-corrected chi connectivity index (χ2v) is 6.37. The van der Waals surface area contributed by atoms with Crippen LogP contribution in [-0.2, 0) is 4.79 Å². The van der Waals surface area contributed by atoms with Crippen molar-refractivity contribution in [2.24, 2.45) is 0 Å². The Morgan fingerprint density at radius 3 is 2.26 bits per heavy atom. The molecule has 0 saturated carbocycles. The Labute approximate surface area is 137 Å². The zero-order valence-electron chi connectivity index (χ0n) is 13.7. The summed E-state index contributed by atoms with van der Waals surface area (Å²) >= 11 is 0. The molecule has 1 N–H and O–H groups in total. The molecular formula is C17H25FN4O. The van der Waals surface area contributed by atoms with Gasteiger partial charge in [-0.25, -0.2) is 4.39 Å². The zero-order chi connectivity index (χ0) is 16.2. The highest BCUT2D eigenvalue weighted by atomic mass is 19.1. The topological polar surface area (TPSA) is 38.8 Å². The third-order valence-electron chi connectivity index (χ3n) is 4.75. The predicted octanol–water partition coefficient (Wildman–Crippen LogP) is 0.546. The lowest BCUT2D eigenvalue weighted by Gasteiger charge is -2.39. The highest BCUT2D eigenvalue weighted by Crippen LogP contribution is 2.24. The predicted molar refractivity (Wildman–Crippen MR) is 87.7 cm³/mol. The molecule has 2 fully saturated rings. The van der Waals surface area contributed by atoms with Gasteiger partial charge in [0.25, 0.3) is 0 Å². The van der Waals surface area contributed by atoms with Crippen LogP contribution in [0.1, 0.15) is 11.6 Å². The first kappa shape index (κ1) is 16.4. The monoisotopic (exact) mass is 320 g/mol. The number of carbonyl (C=O) groups is 1. The minimum atomic E-state index is -0.305. The molecule has 1 amide bonds. The van der Waals surface area contributed by atoms with Gasteiger partial charge in [-0.1, -0.05) is 12.1 Å². The minimum Gasteiger partial charge on any atom is -0.338 e. The number of carbonyl (C=O) groups excluding carboxylic acids is 1. The maximum Gasteiger partial charge on any atom is 0.244 e. The summed E-state index contributed by atoms with van der Waals surface area (Å²) in [6.07, 6.45) is 0. The van der Waals surface area contributed by atoms with Gasteiger partial charge >= 0.3 is 0 Å². The van der Waals surface area contributed by atoms with Gasteiger partial charge in [0.15, 0.2) is 0 Å². The number of amides is 1. The number of likely N-dealkylation sites (N-methyl/N-ethyl adjacent to an activating group) is 1. The van der Waals surface area contributed by atoms with Crippen LogP contribution in [0, 0.1) is 5.82 Å². The molecule has 5 nitrogen and oxygen atoms in total. The Bertz CT molecular complexity index is 522. The fraction of sp³-hybridized carbons (Fsp3) is 0.588. The molecular weight excluding hydrogens is 295 g/mol. The maximum absolute atomic E-state index is 13.3. The molecule has 0 bridgehead atoms. The number of benzene rings is 1. The van der Waals surface area contributed by atoms with E-state index < -0.39 is 0 Å². The van der Waals surface area contributed by atoms with Crippen LogP contribution in [0.25, 0.3) is 0 Å². The van der Waals surface area contributed by atoms with Gasteiger partial charge in [0, 0.05) is 52.4 Å². The van der Waals surface area contributed by atoms with Crippen LogP contribution in [0.2, 0.25) is 0 Å². The molecule has 3 rings (SSSR count). The van der Waals surface area contributed by atoms with Gasteiger partial charge < -0.3 is 15.1 Å². The molecule has 6 heteroatoms. The average Bonchev–Trinajstić information content (AvgIpc) is 2.58. The Hall–Kier alpha value is -1.50. The Morgan fingerprint density at radius 2 is 1.65 bits per heavy atom. The van der Waals surface area contributed by atoms with Gasteiger partial charge in [0.05, 0.1) is 0 Å². The van der Waals surface area contributed by atoms with E-state index >= 15 is 0 Å². The Kier molecular flexibility index (Phi) is 5.25. The molecule has 0 radical (unpaired) electrons. The summed E-state index contributed by atoms with van der Waals surface area (Å²) in [6.45, 7) is 6.77. The molecule has 126 valence electrons. The Balaban J connectivity index is 1.81. The highest BCUT2D eigenvalue weighted by molar-refractivity contribution is 5.83. The molecule has 23 heavy (non-hydrogen) atoms. The van der Waals surface area contributed by atoms with Gasteiger partial charge in [-0.2, -0.15) is 0 Å². The second kappa shape index (κ2) is 7.38.